The van der Waals surface area contributed by atoms with Gasteiger partial charge in [0.15, 0.2) is 0 Å². The van der Waals surface area contributed by atoms with Crippen LogP contribution in [0.2, 0.25) is 0 Å². The average Bonchev–Trinajstić information content (AvgIpc) is 2.80. The Hall–Kier alpha value is -3.12. The van der Waals surface area contributed by atoms with E-state index in [0.29, 0.717) is 17.9 Å². The SMILES string of the molecule is CCCN1CCN(c2ccccc2CNc2ccc(-n3ccccc3=O)cc2F)CC1. The Bertz CT molecular complexity index is 1070. The minimum atomic E-state index is -0.376. The number of aromatic nitrogens is 1. The highest BCUT2D eigenvalue weighted by Gasteiger charge is 2.18. The predicted molar refractivity (Wildman–Crippen MR) is 125 cm³/mol. The van der Waals surface area contributed by atoms with E-state index in [9.17, 15) is 9.18 Å². The van der Waals surface area contributed by atoms with Crippen molar-refractivity contribution in [3.63, 3.8) is 0 Å². The standard InChI is InChI=1S/C25H29FN4O/c1-2-12-28-14-16-29(17-15-28)24-8-4-3-7-20(24)19-27-23-11-10-21(18-22(23)26)30-13-6-5-9-25(30)31/h3-11,13,18,27H,2,12,14-17,19H2,1H3. The Balaban J connectivity index is 1.45. The lowest BCUT2D eigenvalue weighted by Gasteiger charge is -2.37. The highest BCUT2D eigenvalue weighted by molar-refractivity contribution is 5.57. The maximum Gasteiger partial charge on any atom is 0.255 e. The number of benzene rings is 2. The van der Waals surface area contributed by atoms with Gasteiger partial charge in [-0.05, 0) is 42.8 Å². The number of nitrogens with zero attached hydrogens (tertiary/aromatic N) is 3. The Labute approximate surface area is 182 Å². The van der Waals surface area contributed by atoms with Gasteiger partial charge in [-0.2, -0.15) is 0 Å². The molecule has 1 aliphatic heterocycles. The average molecular weight is 421 g/mol. The van der Waals surface area contributed by atoms with Crippen LogP contribution in [-0.4, -0.2) is 42.2 Å². The fourth-order valence-electron chi connectivity index (χ4n) is 4.13. The van der Waals surface area contributed by atoms with E-state index in [-0.39, 0.29) is 11.4 Å². The molecule has 0 amide bonds. The van der Waals surface area contributed by atoms with Gasteiger partial charge < -0.3 is 10.2 Å². The van der Waals surface area contributed by atoms with E-state index < -0.39 is 0 Å². The summed E-state index contributed by atoms with van der Waals surface area (Å²) in [6.07, 6.45) is 2.82. The molecule has 6 heteroatoms. The quantitative estimate of drug-likeness (QED) is 0.624. The normalized spacial score (nSPS) is 14.6. The van der Waals surface area contributed by atoms with E-state index in [4.69, 9.17) is 0 Å². The third-order valence-corrected chi connectivity index (χ3v) is 5.77. The van der Waals surface area contributed by atoms with Gasteiger partial charge in [0, 0.05) is 56.7 Å². The second-order valence-electron chi connectivity index (χ2n) is 7.88. The zero-order valence-electron chi connectivity index (χ0n) is 17.9. The fraction of sp³-hybridized carbons (Fsp3) is 0.320. The minimum Gasteiger partial charge on any atom is -0.379 e. The molecule has 162 valence electrons. The monoisotopic (exact) mass is 420 g/mol. The number of rotatable bonds is 7. The molecule has 0 spiro atoms. The molecule has 3 aromatic rings. The van der Waals surface area contributed by atoms with Crippen molar-refractivity contribution in [2.24, 2.45) is 0 Å². The van der Waals surface area contributed by atoms with Gasteiger partial charge in [-0.3, -0.25) is 14.3 Å². The van der Waals surface area contributed by atoms with Crippen molar-refractivity contribution >= 4 is 11.4 Å². The molecule has 2 aromatic carbocycles. The van der Waals surface area contributed by atoms with Crippen molar-refractivity contribution in [2.45, 2.75) is 19.9 Å². The summed E-state index contributed by atoms with van der Waals surface area (Å²) >= 11 is 0. The molecule has 4 rings (SSSR count). The Kier molecular flexibility index (Phi) is 6.67. The summed E-state index contributed by atoms with van der Waals surface area (Å²) in [7, 11) is 0. The van der Waals surface area contributed by atoms with Gasteiger partial charge in [0.2, 0.25) is 0 Å². The molecule has 0 unspecified atom stereocenters. The highest BCUT2D eigenvalue weighted by atomic mass is 19.1. The van der Waals surface area contributed by atoms with Crippen LogP contribution < -0.4 is 15.8 Å². The van der Waals surface area contributed by atoms with Crippen molar-refractivity contribution in [1.82, 2.24) is 9.47 Å². The number of para-hydroxylation sites is 1. The van der Waals surface area contributed by atoms with E-state index in [1.807, 2.05) is 6.07 Å². The maximum absolute atomic E-state index is 14.7. The van der Waals surface area contributed by atoms with Crippen LogP contribution in [0.1, 0.15) is 18.9 Å². The largest absolute Gasteiger partial charge is 0.379 e. The van der Waals surface area contributed by atoms with E-state index in [0.717, 1.165) is 38.3 Å². The van der Waals surface area contributed by atoms with E-state index in [1.54, 1.807) is 30.5 Å². The van der Waals surface area contributed by atoms with Gasteiger partial charge in [0.25, 0.3) is 5.56 Å². The second-order valence-corrected chi connectivity index (χ2v) is 7.88. The van der Waals surface area contributed by atoms with Crippen LogP contribution in [0.25, 0.3) is 5.69 Å². The summed E-state index contributed by atoms with van der Waals surface area (Å²) < 4.78 is 16.2. The lowest BCUT2D eigenvalue weighted by molar-refractivity contribution is 0.258. The van der Waals surface area contributed by atoms with Gasteiger partial charge in [0.1, 0.15) is 5.82 Å². The zero-order chi connectivity index (χ0) is 21.6. The molecular formula is C25H29FN4O. The van der Waals surface area contributed by atoms with Crippen molar-refractivity contribution in [1.29, 1.82) is 0 Å². The number of pyridine rings is 1. The molecular weight excluding hydrogens is 391 g/mol. The molecule has 0 saturated carbocycles. The number of anilines is 2. The Morgan fingerprint density at radius 1 is 0.968 bits per heavy atom. The third kappa shape index (κ3) is 4.97. The van der Waals surface area contributed by atoms with E-state index >= 15 is 0 Å². The Morgan fingerprint density at radius 2 is 1.74 bits per heavy atom. The lowest BCUT2D eigenvalue weighted by Crippen LogP contribution is -2.46. The van der Waals surface area contributed by atoms with Crippen LogP contribution >= 0.6 is 0 Å². The zero-order valence-corrected chi connectivity index (χ0v) is 17.9. The molecule has 2 heterocycles. The van der Waals surface area contributed by atoms with E-state index in [2.05, 4.69) is 40.2 Å². The number of hydrogen-bond donors (Lipinski definition) is 1. The molecule has 1 fully saturated rings. The Morgan fingerprint density at radius 3 is 2.48 bits per heavy atom. The number of halogens is 1. The number of piperazine rings is 1. The summed E-state index contributed by atoms with van der Waals surface area (Å²) in [5, 5.41) is 3.23. The summed E-state index contributed by atoms with van der Waals surface area (Å²) in [5.41, 5.74) is 3.11. The van der Waals surface area contributed by atoms with Crippen LogP contribution in [0.15, 0.2) is 71.7 Å². The number of nitrogens with one attached hydrogen (secondary N) is 1. The molecule has 0 atom stereocenters. The molecule has 1 aliphatic rings. The van der Waals surface area contributed by atoms with Gasteiger partial charge >= 0.3 is 0 Å². The smallest absolute Gasteiger partial charge is 0.255 e. The van der Waals surface area contributed by atoms with Crippen molar-refractivity contribution in [2.75, 3.05) is 42.9 Å². The van der Waals surface area contributed by atoms with Crippen LogP contribution in [0, 0.1) is 5.82 Å². The van der Waals surface area contributed by atoms with E-state index in [1.165, 1.54) is 28.8 Å². The van der Waals surface area contributed by atoms with Crippen LogP contribution in [0.3, 0.4) is 0 Å². The van der Waals surface area contributed by atoms with Crippen LogP contribution in [0.4, 0.5) is 15.8 Å². The van der Waals surface area contributed by atoms with Gasteiger partial charge in [0.05, 0.1) is 11.4 Å². The van der Waals surface area contributed by atoms with Crippen molar-refractivity contribution in [3.05, 3.63) is 88.6 Å². The summed E-state index contributed by atoms with van der Waals surface area (Å²) in [6, 6.07) is 18.0. The highest BCUT2D eigenvalue weighted by Crippen LogP contribution is 2.24. The molecule has 5 nitrogen and oxygen atoms in total. The summed E-state index contributed by atoms with van der Waals surface area (Å²) in [5.74, 6) is -0.376. The van der Waals surface area contributed by atoms with Gasteiger partial charge in [-0.25, -0.2) is 4.39 Å². The summed E-state index contributed by atoms with van der Waals surface area (Å²) in [6.45, 7) is 8.07. The predicted octanol–water partition coefficient (Wildman–Crippen LogP) is 4.12. The van der Waals surface area contributed by atoms with Crippen LogP contribution in [0.5, 0.6) is 0 Å². The maximum atomic E-state index is 14.7. The molecule has 1 saturated heterocycles. The topological polar surface area (TPSA) is 40.5 Å². The molecule has 1 N–H and O–H groups in total. The van der Waals surface area contributed by atoms with Crippen molar-refractivity contribution in [3.8, 4) is 5.69 Å². The third-order valence-electron chi connectivity index (χ3n) is 5.77. The molecule has 0 aliphatic carbocycles. The second kappa shape index (κ2) is 9.79. The first kappa shape index (κ1) is 21.1. The van der Waals surface area contributed by atoms with Gasteiger partial charge in [-0.1, -0.05) is 31.2 Å². The lowest BCUT2D eigenvalue weighted by atomic mass is 10.1. The number of hydrogen-bond acceptors (Lipinski definition) is 4. The molecule has 0 radical (unpaired) electrons. The van der Waals surface area contributed by atoms with Gasteiger partial charge in [-0.15, -0.1) is 0 Å². The van der Waals surface area contributed by atoms with Crippen LogP contribution in [-0.2, 0) is 6.54 Å². The first-order valence-corrected chi connectivity index (χ1v) is 10.9. The van der Waals surface area contributed by atoms with Crippen molar-refractivity contribution < 1.29 is 4.39 Å². The fourth-order valence-corrected chi connectivity index (χ4v) is 4.13. The first-order valence-electron chi connectivity index (χ1n) is 10.9. The molecule has 0 bridgehead atoms. The first-order chi connectivity index (χ1) is 15.2. The molecule has 31 heavy (non-hydrogen) atoms. The molecule has 1 aromatic heterocycles. The summed E-state index contributed by atoms with van der Waals surface area (Å²) in [4.78, 5) is 16.9. The minimum absolute atomic E-state index is 0.185.